The van der Waals surface area contributed by atoms with Gasteiger partial charge < -0.3 is 10.4 Å². The predicted octanol–water partition coefficient (Wildman–Crippen LogP) is 4.76. The van der Waals surface area contributed by atoms with Gasteiger partial charge in [0, 0.05) is 5.39 Å². The van der Waals surface area contributed by atoms with Crippen molar-refractivity contribution < 1.29 is 15.0 Å². The van der Waals surface area contributed by atoms with Gasteiger partial charge in [0.05, 0.1) is 21.6 Å². The van der Waals surface area contributed by atoms with Crippen LogP contribution in [0.4, 0.5) is 22.7 Å². The van der Waals surface area contributed by atoms with Crippen LogP contribution in [0, 0.1) is 20.2 Å². The molecule has 0 aliphatic carbocycles. The molecule has 0 unspecified atom stereocenters. The number of benzene rings is 3. The van der Waals surface area contributed by atoms with Gasteiger partial charge in [-0.1, -0.05) is 41.9 Å². The standard InChI is InChI=1S/C16H10ClN3O5/c17-11-7-12(14(20(24)25)8-13(11)19(22)23)18-16-10-4-2-1-3-9(10)5-6-15(16)21/h1-8,18,21H. The summed E-state index contributed by atoms with van der Waals surface area (Å²) >= 11 is 5.86. The molecule has 3 rings (SSSR count). The Kier molecular flexibility index (Phi) is 4.12. The zero-order valence-corrected chi connectivity index (χ0v) is 13.2. The van der Waals surface area contributed by atoms with Crippen molar-refractivity contribution in [1.82, 2.24) is 0 Å². The summed E-state index contributed by atoms with van der Waals surface area (Å²) in [5, 5.41) is 36.3. The van der Waals surface area contributed by atoms with Crippen LogP contribution in [0.1, 0.15) is 0 Å². The molecule has 3 aromatic rings. The minimum atomic E-state index is -0.797. The van der Waals surface area contributed by atoms with Crippen molar-refractivity contribution in [2.24, 2.45) is 0 Å². The fourth-order valence-corrected chi connectivity index (χ4v) is 2.70. The van der Waals surface area contributed by atoms with Crippen molar-refractivity contribution in [1.29, 1.82) is 0 Å². The van der Waals surface area contributed by atoms with Crippen LogP contribution in [0.3, 0.4) is 0 Å². The lowest BCUT2D eigenvalue weighted by Crippen LogP contribution is -2.00. The Balaban J connectivity index is 2.19. The van der Waals surface area contributed by atoms with Gasteiger partial charge in [-0.05, 0) is 17.5 Å². The van der Waals surface area contributed by atoms with E-state index in [9.17, 15) is 25.3 Å². The first-order chi connectivity index (χ1) is 11.9. The Morgan fingerprint density at radius 2 is 1.64 bits per heavy atom. The first kappa shape index (κ1) is 16.5. The molecule has 0 fully saturated rings. The van der Waals surface area contributed by atoms with Crippen molar-refractivity contribution in [3.63, 3.8) is 0 Å². The topological polar surface area (TPSA) is 119 Å². The van der Waals surface area contributed by atoms with Gasteiger partial charge in [0.1, 0.15) is 16.5 Å². The third-order valence-corrected chi connectivity index (χ3v) is 3.93. The van der Waals surface area contributed by atoms with E-state index in [4.69, 9.17) is 11.6 Å². The fourth-order valence-electron chi connectivity index (χ4n) is 2.47. The Morgan fingerprint density at radius 3 is 2.32 bits per heavy atom. The van der Waals surface area contributed by atoms with E-state index in [1.54, 1.807) is 18.2 Å². The summed E-state index contributed by atoms with van der Waals surface area (Å²) in [5.41, 5.74) is -0.914. The number of hydrogen-bond donors (Lipinski definition) is 2. The van der Waals surface area contributed by atoms with Crippen molar-refractivity contribution >= 4 is 45.1 Å². The molecule has 2 N–H and O–H groups in total. The van der Waals surface area contributed by atoms with E-state index in [0.29, 0.717) is 5.39 Å². The van der Waals surface area contributed by atoms with E-state index in [1.807, 2.05) is 12.1 Å². The Hall–Kier alpha value is -3.39. The van der Waals surface area contributed by atoms with Gasteiger partial charge in [-0.2, -0.15) is 0 Å². The maximum absolute atomic E-state index is 11.3. The highest BCUT2D eigenvalue weighted by Crippen LogP contribution is 2.40. The summed E-state index contributed by atoms with van der Waals surface area (Å²) in [5.74, 6) is -0.123. The molecule has 0 bridgehead atoms. The second-order valence-electron chi connectivity index (χ2n) is 5.14. The number of phenols is 1. The van der Waals surface area contributed by atoms with E-state index >= 15 is 0 Å². The SMILES string of the molecule is O=[N+]([O-])c1cc([N+](=O)[O-])c(Nc2c(O)ccc3ccccc23)cc1Cl. The average Bonchev–Trinajstić information content (AvgIpc) is 2.57. The molecule has 0 saturated carbocycles. The number of aromatic hydroxyl groups is 1. The first-order valence-corrected chi connectivity index (χ1v) is 7.36. The van der Waals surface area contributed by atoms with E-state index in [0.717, 1.165) is 17.5 Å². The highest BCUT2D eigenvalue weighted by Gasteiger charge is 2.24. The first-order valence-electron chi connectivity index (χ1n) is 6.98. The lowest BCUT2D eigenvalue weighted by molar-refractivity contribution is -0.393. The lowest BCUT2D eigenvalue weighted by atomic mass is 10.1. The van der Waals surface area contributed by atoms with Gasteiger partial charge in [0.15, 0.2) is 0 Å². The number of rotatable bonds is 4. The number of halogens is 1. The minimum Gasteiger partial charge on any atom is -0.506 e. The van der Waals surface area contributed by atoms with E-state index in [2.05, 4.69) is 5.32 Å². The van der Waals surface area contributed by atoms with Gasteiger partial charge in [-0.25, -0.2) is 0 Å². The molecule has 8 nitrogen and oxygen atoms in total. The Morgan fingerprint density at radius 1 is 0.960 bits per heavy atom. The summed E-state index contributed by atoms with van der Waals surface area (Å²) in [6, 6.07) is 12.1. The quantitative estimate of drug-likeness (QED) is 0.394. The molecule has 126 valence electrons. The van der Waals surface area contributed by atoms with Gasteiger partial charge in [-0.3, -0.25) is 20.2 Å². The van der Waals surface area contributed by atoms with E-state index in [1.165, 1.54) is 6.07 Å². The molecule has 0 aliphatic rings. The molecule has 3 aromatic carbocycles. The summed E-state index contributed by atoms with van der Waals surface area (Å²) < 4.78 is 0. The van der Waals surface area contributed by atoms with Gasteiger partial charge in [-0.15, -0.1) is 0 Å². The molecular weight excluding hydrogens is 350 g/mol. The number of nitro groups is 2. The van der Waals surface area contributed by atoms with Crippen molar-refractivity contribution in [2.45, 2.75) is 0 Å². The molecular formula is C16H10ClN3O5. The van der Waals surface area contributed by atoms with Crippen LogP contribution >= 0.6 is 11.6 Å². The van der Waals surface area contributed by atoms with Gasteiger partial charge in [0.2, 0.25) is 0 Å². The normalized spacial score (nSPS) is 10.6. The smallest absolute Gasteiger partial charge is 0.299 e. The molecule has 25 heavy (non-hydrogen) atoms. The number of nitro benzene ring substituents is 2. The third kappa shape index (κ3) is 3.02. The van der Waals surface area contributed by atoms with E-state index in [-0.39, 0.29) is 22.1 Å². The number of nitrogens with zero attached hydrogens (tertiary/aromatic N) is 2. The lowest BCUT2D eigenvalue weighted by Gasteiger charge is -2.12. The zero-order chi connectivity index (χ0) is 18.1. The number of hydrogen-bond acceptors (Lipinski definition) is 6. The van der Waals surface area contributed by atoms with Crippen LogP contribution in [0.25, 0.3) is 10.8 Å². The minimum absolute atomic E-state index is 0.0627. The van der Waals surface area contributed by atoms with Gasteiger partial charge >= 0.3 is 0 Å². The summed E-state index contributed by atoms with van der Waals surface area (Å²) in [6.07, 6.45) is 0. The Labute approximate surface area is 145 Å². The van der Waals surface area contributed by atoms with Crippen LogP contribution in [-0.2, 0) is 0 Å². The zero-order valence-electron chi connectivity index (χ0n) is 12.5. The highest BCUT2D eigenvalue weighted by molar-refractivity contribution is 6.33. The van der Waals surface area contributed by atoms with E-state index < -0.39 is 21.2 Å². The van der Waals surface area contributed by atoms with Crippen molar-refractivity contribution in [3.8, 4) is 5.75 Å². The predicted molar refractivity (Wildman–Crippen MR) is 93.7 cm³/mol. The number of nitrogens with one attached hydrogen (secondary N) is 1. The average molecular weight is 360 g/mol. The van der Waals surface area contributed by atoms with Crippen molar-refractivity contribution in [2.75, 3.05) is 5.32 Å². The van der Waals surface area contributed by atoms with Crippen LogP contribution in [0.15, 0.2) is 48.5 Å². The third-order valence-electron chi connectivity index (χ3n) is 3.63. The van der Waals surface area contributed by atoms with Crippen molar-refractivity contribution in [3.05, 3.63) is 73.8 Å². The van der Waals surface area contributed by atoms with Crippen LogP contribution < -0.4 is 5.32 Å². The second kappa shape index (κ2) is 6.25. The molecule has 0 aliphatic heterocycles. The monoisotopic (exact) mass is 359 g/mol. The molecule has 0 spiro atoms. The van der Waals surface area contributed by atoms with Crippen LogP contribution in [0.5, 0.6) is 5.75 Å². The number of phenolic OH excluding ortho intramolecular Hbond substituents is 1. The van der Waals surface area contributed by atoms with Crippen LogP contribution in [0.2, 0.25) is 5.02 Å². The number of fused-ring (bicyclic) bond motifs is 1. The number of anilines is 2. The maximum atomic E-state index is 11.3. The molecule has 0 amide bonds. The van der Waals surface area contributed by atoms with Crippen LogP contribution in [-0.4, -0.2) is 15.0 Å². The largest absolute Gasteiger partial charge is 0.506 e. The molecule has 0 atom stereocenters. The Bertz CT molecular complexity index is 1020. The molecule has 0 saturated heterocycles. The van der Waals surface area contributed by atoms with Gasteiger partial charge in [0.25, 0.3) is 11.4 Å². The summed E-state index contributed by atoms with van der Waals surface area (Å²) in [7, 11) is 0. The summed E-state index contributed by atoms with van der Waals surface area (Å²) in [6.45, 7) is 0. The molecule has 9 heteroatoms. The summed E-state index contributed by atoms with van der Waals surface area (Å²) in [4.78, 5) is 20.7. The highest BCUT2D eigenvalue weighted by atomic mass is 35.5. The maximum Gasteiger partial charge on any atom is 0.299 e. The second-order valence-corrected chi connectivity index (χ2v) is 5.55. The fraction of sp³-hybridized carbons (Fsp3) is 0. The molecule has 0 radical (unpaired) electrons. The molecule has 0 aromatic heterocycles. The molecule has 0 heterocycles.